The average Bonchev–Trinajstić information content (AvgIpc) is 2.87. The lowest BCUT2D eigenvalue weighted by Gasteiger charge is -2.19. The Labute approximate surface area is 227 Å². The van der Waals surface area contributed by atoms with E-state index in [1.54, 1.807) is 0 Å². The van der Waals surface area contributed by atoms with Crippen LogP contribution in [0.25, 0.3) is 33.4 Å². The molecule has 0 amide bonds. The molecule has 0 N–H and O–H groups in total. The summed E-state index contributed by atoms with van der Waals surface area (Å²) >= 11 is 0. The fourth-order valence-corrected chi connectivity index (χ4v) is 4.68. The van der Waals surface area contributed by atoms with Gasteiger partial charge in [-0.3, -0.25) is 0 Å². The predicted molar refractivity (Wildman–Crippen MR) is 157 cm³/mol. The van der Waals surface area contributed by atoms with E-state index >= 15 is 0 Å². The molecule has 0 saturated carbocycles. The Morgan fingerprint density at radius 1 is 0.553 bits per heavy atom. The third-order valence-corrected chi connectivity index (χ3v) is 7.03. The molecule has 2 aromatic heterocycles. The quantitative estimate of drug-likeness (QED) is 0.157. The molecule has 204 valence electrons. The normalized spacial score (nSPS) is 13.6. The number of hydrogen-bond acceptors (Lipinski definition) is 6. The molecule has 2 unspecified atom stereocenters. The Bertz CT molecular complexity index is 1240. The second kappa shape index (κ2) is 13.2. The van der Waals surface area contributed by atoms with Crippen LogP contribution in [0, 0.1) is 23.7 Å². The molecule has 0 aliphatic heterocycles. The molecule has 38 heavy (non-hydrogen) atoms. The van der Waals surface area contributed by atoms with Crippen LogP contribution in [0.3, 0.4) is 0 Å². The monoisotopic (exact) mass is 516 g/mol. The number of benzene rings is 2. The van der Waals surface area contributed by atoms with Gasteiger partial charge >= 0.3 is 0 Å². The summed E-state index contributed by atoms with van der Waals surface area (Å²) in [6.07, 6.45) is 7.26. The average molecular weight is 517 g/mol. The maximum atomic E-state index is 6.36. The number of aromatic nitrogens is 4. The number of ether oxygens (including phenoxy) is 2. The Morgan fingerprint density at radius 3 is 1.34 bits per heavy atom. The Kier molecular flexibility index (Phi) is 9.70. The van der Waals surface area contributed by atoms with Gasteiger partial charge in [0.1, 0.15) is 0 Å². The molecule has 0 fully saturated rings. The van der Waals surface area contributed by atoms with Gasteiger partial charge < -0.3 is 9.47 Å². The summed E-state index contributed by atoms with van der Waals surface area (Å²) in [7, 11) is 0. The number of rotatable bonds is 14. The topological polar surface area (TPSA) is 70.0 Å². The summed E-state index contributed by atoms with van der Waals surface area (Å²) in [6.45, 7) is 14.9. The summed E-state index contributed by atoms with van der Waals surface area (Å²) in [5, 5.41) is 0. The third kappa shape index (κ3) is 7.75. The molecular formula is C32H44N4O2. The zero-order chi connectivity index (χ0) is 27.1. The molecule has 4 rings (SSSR count). The van der Waals surface area contributed by atoms with Gasteiger partial charge in [-0.1, -0.05) is 79.4 Å². The predicted octanol–water partition coefficient (Wildman–Crippen LogP) is 8.41. The number of nitrogens with zero attached hydrogens (tertiary/aromatic N) is 4. The highest BCUT2D eigenvalue weighted by molar-refractivity contribution is 5.89. The van der Waals surface area contributed by atoms with Crippen molar-refractivity contribution in [2.45, 2.75) is 80.1 Å². The standard InChI is InChI=1S/C32H44N4O2/c1-21(2)11-9-13-23(5)19-37-29-17-27-28(18-30(29)38-20-24(6)14-10-12-22(3)4)36-32-31(35-27)33-25-15-7-8-16-26(25)34-32/h7-8,15-18,21-24H,9-14,19-20H2,1-6H3. The van der Waals surface area contributed by atoms with E-state index in [4.69, 9.17) is 29.4 Å². The number of para-hydroxylation sites is 2. The molecule has 0 spiro atoms. The zero-order valence-electron chi connectivity index (χ0n) is 24.0. The largest absolute Gasteiger partial charge is 0.489 e. The zero-order valence-corrected chi connectivity index (χ0v) is 24.0. The van der Waals surface area contributed by atoms with Crippen LogP contribution < -0.4 is 9.47 Å². The van der Waals surface area contributed by atoms with E-state index in [1.807, 2.05) is 36.4 Å². The lowest BCUT2D eigenvalue weighted by molar-refractivity contribution is 0.211. The molecule has 0 aliphatic rings. The molecular weight excluding hydrogens is 472 g/mol. The highest BCUT2D eigenvalue weighted by atomic mass is 16.5. The molecule has 2 atom stereocenters. The van der Waals surface area contributed by atoms with Gasteiger partial charge in [-0.2, -0.15) is 0 Å². The van der Waals surface area contributed by atoms with Gasteiger partial charge in [0.2, 0.25) is 0 Å². The highest BCUT2D eigenvalue weighted by Gasteiger charge is 2.15. The van der Waals surface area contributed by atoms with Gasteiger partial charge in [-0.15, -0.1) is 0 Å². The minimum absolute atomic E-state index is 0.465. The van der Waals surface area contributed by atoms with E-state index in [2.05, 4.69) is 41.5 Å². The summed E-state index contributed by atoms with van der Waals surface area (Å²) in [6, 6.07) is 11.7. The summed E-state index contributed by atoms with van der Waals surface area (Å²) < 4.78 is 12.7. The van der Waals surface area contributed by atoms with Gasteiger partial charge in [0.25, 0.3) is 0 Å². The fraction of sp³-hybridized carbons (Fsp3) is 0.562. The van der Waals surface area contributed by atoms with Crippen LogP contribution in [0.15, 0.2) is 36.4 Å². The van der Waals surface area contributed by atoms with E-state index in [-0.39, 0.29) is 0 Å². The van der Waals surface area contributed by atoms with Crippen molar-refractivity contribution in [3.63, 3.8) is 0 Å². The van der Waals surface area contributed by atoms with Gasteiger partial charge in [0, 0.05) is 12.1 Å². The van der Waals surface area contributed by atoms with Crippen LogP contribution in [0.1, 0.15) is 80.1 Å². The van der Waals surface area contributed by atoms with Crippen molar-refractivity contribution in [2.24, 2.45) is 23.7 Å². The van der Waals surface area contributed by atoms with E-state index in [9.17, 15) is 0 Å². The SMILES string of the molecule is CC(C)CCCC(C)COc1cc2nc3nc4ccccc4nc3nc2cc1OCC(C)CCCC(C)C. The molecule has 6 heteroatoms. The van der Waals surface area contributed by atoms with E-state index in [0.29, 0.717) is 36.3 Å². The fourth-order valence-electron chi connectivity index (χ4n) is 4.68. The molecule has 0 aliphatic carbocycles. The number of fused-ring (bicyclic) bond motifs is 3. The first-order valence-electron chi connectivity index (χ1n) is 14.4. The first-order chi connectivity index (χ1) is 18.3. The minimum Gasteiger partial charge on any atom is -0.489 e. The Hall–Kier alpha value is -3.02. The first-order valence-corrected chi connectivity index (χ1v) is 14.4. The molecule has 2 heterocycles. The second-order valence-corrected chi connectivity index (χ2v) is 11.9. The molecule has 2 aromatic carbocycles. The van der Waals surface area contributed by atoms with Crippen molar-refractivity contribution in [3.05, 3.63) is 36.4 Å². The smallest absolute Gasteiger partial charge is 0.199 e. The van der Waals surface area contributed by atoms with Crippen LogP contribution in [-0.4, -0.2) is 33.1 Å². The van der Waals surface area contributed by atoms with Crippen molar-refractivity contribution in [1.29, 1.82) is 0 Å². The maximum Gasteiger partial charge on any atom is 0.199 e. The Balaban J connectivity index is 1.57. The van der Waals surface area contributed by atoms with Crippen LogP contribution in [0.2, 0.25) is 0 Å². The maximum absolute atomic E-state index is 6.36. The molecule has 4 aromatic rings. The summed E-state index contributed by atoms with van der Waals surface area (Å²) in [4.78, 5) is 19.0. The van der Waals surface area contributed by atoms with Crippen molar-refractivity contribution in [1.82, 2.24) is 19.9 Å². The minimum atomic E-state index is 0.465. The molecule has 6 nitrogen and oxygen atoms in total. The first kappa shape index (κ1) is 28.0. The van der Waals surface area contributed by atoms with E-state index in [0.717, 1.165) is 58.2 Å². The summed E-state index contributed by atoms with van der Waals surface area (Å²) in [5.41, 5.74) is 4.18. The molecule has 0 radical (unpaired) electrons. The third-order valence-electron chi connectivity index (χ3n) is 7.03. The van der Waals surface area contributed by atoms with Gasteiger partial charge in [0.05, 0.1) is 35.3 Å². The second-order valence-electron chi connectivity index (χ2n) is 11.9. The van der Waals surface area contributed by atoms with Crippen molar-refractivity contribution in [2.75, 3.05) is 13.2 Å². The van der Waals surface area contributed by atoms with Gasteiger partial charge in [-0.25, -0.2) is 19.9 Å². The van der Waals surface area contributed by atoms with Crippen LogP contribution in [-0.2, 0) is 0 Å². The van der Waals surface area contributed by atoms with E-state index < -0.39 is 0 Å². The van der Waals surface area contributed by atoms with Crippen LogP contribution in [0.5, 0.6) is 11.5 Å². The lowest BCUT2D eigenvalue weighted by Crippen LogP contribution is -2.12. The van der Waals surface area contributed by atoms with Gasteiger partial charge in [-0.05, 0) is 48.6 Å². The summed E-state index contributed by atoms with van der Waals surface area (Å²) in [5.74, 6) is 3.86. The highest BCUT2D eigenvalue weighted by Crippen LogP contribution is 2.33. The number of hydrogen-bond donors (Lipinski definition) is 0. The van der Waals surface area contributed by atoms with Crippen molar-refractivity contribution in [3.8, 4) is 11.5 Å². The van der Waals surface area contributed by atoms with Crippen LogP contribution in [0.4, 0.5) is 0 Å². The van der Waals surface area contributed by atoms with E-state index in [1.165, 1.54) is 25.7 Å². The molecule has 0 bridgehead atoms. The van der Waals surface area contributed by atoms with Crippen LogP contribution >= 0.6 is 0 Å². The van der Waals surface area contributed by atoms with Crippen molar-refractivity contribution >= 4 is 33.4 Å². The molecule has 0 saturated heterocycles. The van der Waals surface area contributed by atoms with Gasteiger partial charge in [0.15, 0.2) is 22.8 Å². The lowest BCUT2D eigenvalue weighted by atomic mass is 10.0. The Morgan fingerprint density at radius 2 is 0.947 bits per heavy atom. The van der Waals surface area contributed by atoms with Crippen molar-refractivity contribution < 1.29 is 9.47 Å².